The van der Waals surface area contributed by atoms with Gasteiger partial charge in [0.1, 0.15) is 5.75 Å². The first kappa shape index (κ1) is 13.4. The molecule has 1 aromatic carbocycles. The molecule has 3 rings (SSSR count). The predicted molar refractivity (Wildman–Crippen MR) is 81.6 cm³/mol. The second kappa shape index (κ2) is 5.84. The summed E-state index contributed by atoms with van der Waals surface area (Å²) >= 11 is 3.53. The molecule has 1 N–H and O–H groups in total. The highest BCUT2D eigenvalue weighted by Gasteiger charge is 2.26. The number of ether oxygens (including phenoxy) is 1. The number of hydrogen-bond donors (Lipinski definition) is 1. The summed E-state index contributed by atoms with van der Waals surface area (Å²) in [4.78, 5) is 0. The van der Waals surface area contributed by atoms with Crippen molar-refractivity contribution in [3.05, 3.63) is 28.2 Å². The van der Waals surface area contributed by atoms with Gasteiger partial charge >= 0.3 is 0 Å². The monoisotopic (exact) mass is 323 g/mol. The minimum Gasteiger partial charge on any atom is -0.493 e. The van der Waals surface area contributed by atoms with Crippen molar-refractivity contribution in [2.45, 2.75) is 51.1 Å². The van der Waals surface area contributed by atoms with Crippen LogP contribution in [0.25, 0.3) is 0 Å². The highest BCUT2D eigenvalue weighted by molar-refractivity contribution is 9.10. The third kappa shape index (κ3) is 3.14. The maximum atomic E-state index is 5.88. The zero-order valence-corrected chi connectivity index (χ0v) is 13.1. The summed E-state index contributed by atoms with van der Waals surface area (Å²) in [6.45, 7) is 3.20. The molecule has 1 aliphatic heterocycles. The maximum absolute atomic E-state index is 5.88. The molecule has 3 atom stereocenters. The van der Waals surface area contributed by atoms with E-state index in [1.165, 1.54) is 31.2 Å². The van der Waals surface area contributed by atoms with Crippen molar-refractivity contribution < 1.29 is 4.74 Å². The minimum absolute atomic E-state index is 0.459. The minimum atomic E-state index is 0.459. The molecule has 0 spiro atoms. The molecule has 0 amide bonds. The van der Waals surface area contributed by atoms with Gasteiger partial charge in [0.25, 0.3) is 0 Å². The van der Waals surface area contributed by atoms with Crippen LogP contribution < -0.4 is 10.1 Å². The van der Waals surface area contributed by atoms with Crippen molar-refractivity contribution in [2.75, 3.05) is 6.61 Å². The van der Waals surface area contributed by atoms with Crippen molar-refractivity contribution >= 4 is 15.9 Å². The van der Waals surface area contributed by atoms with Gasteiger partial charge < -0.3 is 10.1 Å². The highest BCUT2D eigenvalue weighted by atomic mass is 79.9. The molecule has 1 aromatic rings. The van der Waals surface area contributed by atoms with Crippen LogP contribution in [0, 0.1) is 5.92 Å². The molecule has 3 heteroatoms. The number of fused-ring (bicyclic) bond motifs is 1. The number of rotatable bonds is 2. The SMILES string of the molecule is CC1CCC(NC2CCCOc3cc(Br)ccc32)C1. The van der Waals surface area contributed by atoms with Gasteiger partial charge in [-0.25, -0.2) is 0 Å². The molecule has 0 saturated heterocycles. The van der Waals surface area contributed by atoms with Crippen LogP contribution in [0.1, 0.15) is 50.6 Å². The van der Waals surface area contributed by atoms with E-state index in [9.17, 15) is 0 Å². The standard InChI is InChI=1S/C16H22BrNO/c1-11-4-6-13(9-11)18-15-3-2-8-19-16-10-12(17)5-7-14(15)16/h5,7,10-11,13,15,18H,2-4,6,8-9H2,1H3. The molecule has 19 heavy (non-hydrogen) atoms. The molecule has 2 nitrogen and oxygen atoms in total. The van der Waals surface area contributed by atoms with Crippen LogP contribution in [0.2, 0.25) is 0 Å². The molecule has 1 heterocycles. The van der Waals surface area contributed by atoms with Crippen molar-refractivity contribution in [1.82, 2.24) is 5.32 Å². The summed E-state index contributed by atoms with van der Waals surface area (Å²) in [7, 11) is 0. The van der Waals surface area contributed by atoms with Crippen LogP contribution in [0.5, 0.6) is 5.75 Å². The molecule has 1 aliphatic carbocycles. The smallest absolute Gasteiger partial charge is 0.125 e. The zero-order chi connectivity index (χ0) is 13.2. The van der Waals surface area contributed by atoms with Gasteiger partial charge in [0, 0.05) is 22.1 Å². The molecule has 1 fully saturated rings. The fourth-order valence-electron chi connectivity index (χ4n) is 3.36. The molecule has 1 saturated carbocycles. The van der Waals surface area contributed by atoms with E-state index < -0.39 is 0 Å². The Labute approximate surface area is 124 Å². The van der Waals surface area contributed by atoms with Crippen LogP contribution in [-0.2, 0) is 0 Å². The Hall–Kier alpha value is -0.540. The quantitative estimate of drug-likeness (QED) is 0.868. The van der Waals surface area contributed by atoms with Crippen LogP contribution >= 0.6 is 15.9 Å². The zero-order valence-electron chi connectivity index (χ0n) is 11.5. The molecule has 0 aromatic heterocycles. The van der Waals surface area contributed by atoms with Gasteiger partial charge in [-0.3, -0.25) is 0 Å². The Morgan fingerprint density at radius 2 is 2.16 bits per heavy atom. The van der Waals surface area contributed by atoms with Gasteiger partial charge in [-0.15, -0.1) is 0 Å². The lowest BCUT2D eigenvalue weighted by molar-refractivity contribution is 0.314. The van der Waals surface area contributed by atoms with Gasteiger partial charge in [0.05, 0.1) is 6.61 Å². The van der Waals surface area contributed by atoms with E-state index in [-0.39, 0.29) is 0 Å². The first-order chi connectivity index (χ1) is 9.22. The normalized spacial score (nSPS) is 30.5. The fraction of sp³-hybridized carbons (Fsp3) is 0.625. The second-order valence-electron chi connectivity index (χ2n) is 6.01. The summed E-state index contributed by atoms with van der Waals surface area (Å²) in [5.74, 6) is 1.93. The van der Waals surface area contributed by atoms with Crippen molar-refractivity contribution in [3.63, 3.8) is 0 Å². The lowest BCUT2D eigenvalue weighted by Crippen LogP contribution is -2.30. The van der Waals surface area contributed by atoms with Crippen molar-refractivity contribution in [3.8, 4) is 5.75 Å². The highest BCUT2D eigenvalue weighted by Crippen LogP contribution is 2.35. The van der Waals surface area contributed by atoms with Gasteiger partial charge in [0.15, 0.2) is 0 Å². The van der Waals surface area contributed by atoms with E-state index in [0.717, 1.165) is 29.2 Å². The van der Waals surface area contributed by atoms with Gasteiger partial charge in [-0.2, -0.15) is 0 Å². The summed E-state index contributed by atoms with van der Waals surface area (Å²) in [6, 6.07) is 7.59. The van der Waals surface area contributed by atoms with Crippen LogP contribution in [-0.4, -0.2) is 12.6 Å². The molecule has 0 bridgehead atoms. The summed E-state index contributed by atoms with van der Waals surface area (Å²) in [5.41, 5.74) is 1.33. The largest absolute Gasteiger partial charge is 0.493 e. The van der Waals surface area contributed by atoms with Crippen LogP contribution in [0.15, 0.2) is 22.7 Å². The van der Waals surface area contributed by atoms with Gasteiger partial charge in [-0.05, 0) is 50.2 Å². The van der Waals surface area contributed by atoms with E-state index >= 15 is 0 Å². The molecule has 2 aliphatic rings. The second-order valence-corrected chi connectivity index (χ2v) is 6.92. The van der Waals surface area contributed by atoms with E-state index in [1.807, 2.05) is 0 Å². The summed E-state index contributed by atoms with van der Waals surface area (Å²) in [6.07, 6.45) is 6.33. The Bertz CT molecular complexity index is 448. The van der Waals surface area contributed by atoms with Crippen molar-refractivity contribution in [2.24, 2.45) is 5.92 Å². The first-order valence-corrected chi connectivity index (χ1v) is 8.20. The Morgan fingerprint density at radius 1 is 1.26 bits per heavy atom. The third-order valence-electron chi connectivity index (χ3n) is 4.38. The summed E-state index contributed by atoms with van der Waals surface area (Å²) < 4.78 is 6.97. The molecular formula is C16H22BrNO. The average molecular weight is 324 g/mol. The Kier molecular flexibility index (Phi) is 4.13. The maximum Gasteiger partial charge on any atom is 0.125 e. The van der Waals surface area contributed by atoms with Crippen molar-refractivity contribution in [1.29, 1.82) is 0 Å². The topological polar surface area (TPSA) is 21.3 Å². The average Bonchev–Trinajstić information content (AvgIpc) is 2.68. The lowest BCUT2D eigenvalue weighted by Gasteiger charge is -2.23. The lowest BCUT2D eigenvalue weighted by atomic mass is 10.0. The van der Waals surface area contributed by atoms with Gasteiger partial charge in [0.2, 0.25) is 0 Å². The van der Waals surface area contributed by atoms with Crippen LogP contribution in [0.3, 0.4) is 0 Å². The van der Waals surface area contributed by atoms with E-state index in [2.05, 4.69) is 46.4 Å². The molecule has 0 radical (unpaired) electrons. The van der Waals surface area contributed by atoms with E-state index in [0.29, 0.717) is 12.1 Å². The summed E-state index contributed by atoms with van der Waals surface area (Å²) in [5, 5.41) is 3.87. The number of nitrogens with one attached hydrogen (secondary N) is 1. The number of halogens is 1. The fourth-order valence-corrected chi connectivity index (χ4v) is 3.70. The number of hydrogen-bond acceptors (Lipinski definition) is 2. The van der Waals surface area contributed by atoms with E-state index in [4.69, 9.17) is 4.74 Å². The first-order valence-electron chi connectivity index (χ1n) is 7.40. The third-order valence-corrected chi connectivity index (χ3v) is 4.87. The predicted octanol–water partition coefficient (Wildman–Crippen LogP) is 4.44. The number of benzene rings is 1. The van der Waals surface area contributed by atoms with Gasteiger partial charge in [-0.1, -0.05) is 28.9 Å². The molecule has 3 unspecified atom stereocenters. The Morgan fingerprint density at radius 3 is 2.95 bits per heavy atom. The molecular weight excluding hydrogens is 302 g/mol. The molecule has 104 valence electrons. The van der Waals surface area contributed by atoms with Crippen LogP contribution in [0.4, 0.5) is 0 Å². The Balaban J connectivity index is 1.78. The van der Waals surface area contributed by atoms with E-state index in [1.54, 1.807) is 0 Å².